The maximum atomic E-state index is 11.9. The van der Waals surface area contributed by atoms with E-state index in [9.17, 15) is 18.3 Å². The minimum atomic E-state index is -3.95. The molecule has 102 valence electrons. The molecule has 0 aliphatic rings. The molecule has 0 fully saturated rings. The number of aliphatic hydroxyl groups is 1. The van der Waals surface area contributed by atoms with Gasteiger partial charge in [-0.2, -0.15) is 4.72 Å². The van der Waals surface area contributed by atoms with Crippen LogP contribution in [0.2, 0.25) is 0 Å². The molecular formula is C9H12BrNO5S2. The zero-order valence-corrected chi connectivity index (χ0v) is 12.8. The second kappa shape index (κ2) is 5.66. The number of halogens is 1. The Morgan fingerprint density at radius 3 is 2.44 bits per heavy atom. The molecule has 1 aromatic rings. The third-order valence-corrected chi connectivity index (χ3v) is 6.18. The zero-order chi connectivity index (χ0) is 14.1. The number of aliphatic hydroxyl groups excluding tert-OH is 1. The van der Waals surface area contributed by atoms with Crippen molar-refractivity contribution in [3.8, 4) is 0 Å². The van der Waals surface area contributed by atoms with E-state index in [2.05, 4.69) is 15.9 Å². The highest BCUT2D eigenvalue weighted by molar-refractivity contribution is 9.11. The lowest BCUT2D eigenvalue weighted by Gasteiger charge is -2.16. The Morgan fingerprint density at radius 2 is 2.11 bits per heavy atom. The Hall–Kier alpha value is -0.480. The molecule has 9 heteroatoms. The number of hydrogen-bond donors (Lipinski definition) is 3. The lowest BCUT2D eigenvalue weighted by Crippen LogP contribution is -2.47. The van der Waals surface area contributed by atoms with Gasteiger partial charge in [0.2, 0.25) is 0 Å². The molecule has 1 heterocycles. The van der Waals surface area contributed by atoms with Crippen molar-refractivity contribution in [3.63, 3.8) is 0 Å². The summed E-state index contributed by atoms with van der Waals surface area (Å²) in [6, 6.07) is -0.144. The molecule has 2 unspecified atom stereocenters. The second-order valence-electron chi connectivity index (χ2n) is 3.70. The molecule has 0 bridgehead atoms. The lowest BCUT2D eigenvalue weighted by atomic mass is 10.2. The van der Waals surface area contributed by atoms with Crippen molar-refractivity contribution in [1.29, 1.82) is 0 Å². The van der Waals surface area contributed by atoms with Gasteiger partial charge < -0.3 is 10.2 Å². The van der Waals surface area contributed by atoms with Crippen molar-refractivity contribution >= 4 is 43.3 Å². The van der Waals surface area contributed by atoms with Crippen molar-refractivity contribution in [2.24, 2.45) is 0 Å². The highest BCUT2D eigenvalue weighted by atomic mass is 79.9. The minimum Gasteiger partial charge on any atom is -0.480 e. The van der Waals surface area contributed by atoms with Crippen LogP contribution in [0.25, 0.3) is 0 Å². The van der Waals surface area contributed by atoms with Crippen LogP contribution < -0.4 is 4.72 Å². The van der Waals surface area contributed by atoms with Crippen LogP contribution in [0.3, 0.4) is 0 Å². The third kappa shape index (κ3) is 3.51. The maximum absolute atomic E-state index is 11.9. The molecule has 0 amide bonds. The van der Waals surface area contributed by atoms with Crippen molar-refractivity contribution in [2.75, 3.05) is 0 Å². The van der Waals surface area contributed by atoms with Gasteiger partial charge in [-0.25, -0.2) is 8.42 Å². The molecule has 0 saturated carbocycles. The summed E-state index contributed by atoms with van der Waals surface area (Å²) in [5.41, 5.74) is 0.740. The van der Waals surface area contributed by atoms with E-state index in [-0.39, 0.29) is 4.21 Å². The van der Waals surface area contributed by atoms with Crippen LogP contribution in [0.5, 0.6) is 0 Å². The predicted octanol–water partition coefficient (Wildman–Crippen LogP) is 0.931. The average molecular weight is 358 g/mol. The standard InChI is InChI=1S/C9H12BrNO5S2/c1-4-3-6(17-8(4)10)18(15,16)11-7(5(2)12)9(13)14/h3,5,7,11-12H,1-2H3,(H,13,14). The summed E-state index contributed by atoms with van der Waals surface area (Å²) in [4.78, 5) is 10.8. The Kier molecular flexibility index (Phi) is 4.90. The van der Waals surface area contributed by atoms with Crippen molar-refractivity contribution < 1.29 is 23.4 Å². The summed E-state index contributed by atoms with van der Waals surface area (Å²) in [5, 5.41) is 18.1. The van der Waals surface area contributed by atoms with E-state index < -0.39 is 28.1 Å². The van der Waals surface area contributed by atoms with Gasteiger partial charge in [-0.15, -0.1) is 11.3 Å². The first-order valence-corrected chi connectivity index (χ1v) is 7.93. The van der Waals surface area contributed by atoms with Gasteiger partial charge in [0.25, 0.3) is 10.0 Å². The number of carbonyl (C=O) groups is 1. The fourth-order valence-electron chi connectivity index (χ4n) is 1.14. The highest BCUT2D eigenvalue weighted by Crippen LogP contribution is 2.30. The smallest absolute Gasteiger partial charge is 0.324 e. The number of hydrogen-bond acceptors (Lipinski definition) is 5. The SMILES string of the molecule is Cc1cc(S(=O)(=O)NC(C(=O)O)C(C)O)sc1Br. The summed E-state index contributed by atoms with van der Waals surface area (Å²) in [6.45, 7) is 2.93. The van der Waals surface area contributed by atoms with Crippen LogP contribution >= 0.6 is 27.3 Å². The summed E-state index contributed by atoms with van der Waals surface area (Å²) < 4.78 is 26.5. The van der Waals surface area contributed by atoms with Crippen LogP contribution in [-0.4, -0.2) is 36.7 Å². The van der Waals surface area contributed by atoms with Gasteiger partial charge in [0.05, 0.1) is 9.89 Å². The van der Waals surface area contributed by atoms with E-state index in [1.165, 1.54) is 13.0 Å². The first-order chi connectivity index (χ1) is 8.15. The predicted molar refractivity (Wildman–Crippen MR) is 70.2 cm³/mol. The Morgan fingerprint density at radius 1 is 1.56 bits per heavy atom. The molecule has 18 heavy (non-hydrogen) atoms. The van der Waals surface area contributed by atoms with Gasteiger partial charge in [0.1, 0.15) is 10.3 Å². The zero-order valence-electron chi connectivity index (χ0n) is 9.55. The van der Waals surface area contributed by atoms with Gasteiger partial charge in [-0.1, -0.05) is 0 Å². The number of carboxylic acid groups (broad SMARTS) is 1. The van der Waals surface area contributed by atoms with Crippen molar-refractivity contribution in [3.05, 3.63) is 15.4 Å². The molecule has 6 nitrogen and oxygen atoms in total. The van der Waals surface area contributed by atoms with Crippen LogP contribution in [0.4, 0.5) is 0 Å². The van der Waals surface area contributed by atoms with Crippen LogP contribution in [0.15, 0.2) is 14.1 Å². The Bertz CT molecular complexity index is 532. The van der Waals surface area contributed by atoms with Crippen LogP contribution in [-0.2, 0) is 14.8 Å². The third-order valence-electron chi connectivity index (χ3n) is 2.13. The second-order valence-corrected chi connectivity index (χ2v) is 8.01. The maximum Gasteiger partial charge on any atom is 0.324 e. The number of nitrogens with one attached hydrogen (secondary N) is 1. The monoisotopic (exact) mass is 357 g/mol. The van der Waals surface area contributed by atoms with Crippen molar-refractivity contribution in [1.82, 2.24) is 4.72 Å². The first kappa shape index (κ1) is 15.6. The number of aliphatic carboxylic acids is 1. The van der Waals surface area contributed by atoms with E-state index >= 15 is 0 Å². The van der Waals surface area contributed by atoms with E-state index in [0.717, 1.165) is 16.9 Å². The first-order valence-electron chi connectivity index (χ1n) is 4.84. The molecule has 0 aliphatic carbocycles. The van der Waals surface area contributed by atoms with Gasteiger partial charge in [-0.3, -0.25) is 4.79 Å². The minimum absolute atomic E-state index is 0.00113. The summed E-state index contributed by atoms with van der Waals surface area (Å²) in [5.74, 6) is -1.43. The van der Waals surface area contributed by atoms with Crippen LogP contribution in [0, 0.1) is 6.92 Å². The molecule has 3 N–H and O–H groups in total. The number of sulfonamides is 1. The number of carboxylic acids is 1. The van der Waals surface area contributed by atoms with Gasteiger partial charge in [0.15, 0.2) is 0 Å². The lowest BCUT2D eigenvalue weighted by molar-refractivity contribution is -0.141. The molecule has 1 aromatic heterocycles. The average Bonchev–Trinajstić information content (AvgIpc) is 2.56. The molecule has 0 aliphatic heterocycles. The van der Waals surface area contributed by atoms with Gasteiger partial charge in [0, 0.05) is 0 Å². The molecule has 1 rings (SSSR count). The summed E-state index contributed by atoms with van der Waals surface area (Å²) in [7, 11) is -3.95. The largest absolute Gasteiger partial charge is 0.480 e. The topological polar surface area (TPSA) is 104 Å². The normalized spacial score (nSPS) is 15.3. The molecule has 0 aromatic carbocycles. The van der Waals surface area contributed by atoms with Crippen LogP contribution in [0.1, 0.15) is 12.5 Å². The summed E-state index contributed by atoms with van der Waals surface area (Å²) in [6.07, 6.45) is -1.33. The van der Waals surface area contributed by atoms with Gasteiger partial charge in [-0.05, 0) is 41.4 Å². The molecule has 0 spiro atoms. The molecule has 0 radical (unpaired) electrons. The highest BCUT2D eigenvalue weighted by Gasteiger charge is 2.30. The van der Waals surface area contributed by atoms with Gasteiger partial charge >= 0.3 is 5.97 Å². The van der Waals surface area contributed by atoms with Crippen molar-refractivity contribution in [2.45, 2.75) is 30.2 Å². The van der Waals surface area contributed by atoms with E-state index in [1.54, 1.807) is 6.92 Å². The fraction of sp³-hybridized carbons (Fsp3) is 0.444. The van der Waals surface area contributed by atoms with E-state index in [0.29, 0.717) is 3.79 Å². The van der Waals surface area contributed by atoms with E-state index in [4.69, 9.17) is 5.11 Å². The Balaban J connectivity index is 3.04. The number of aryl methyl sites for hydroxylation is 1. The Labute approximate surface area is 117 Å². The summed E-state index contributed by atoms with van der Waals surface area (Å²) >= 11 is 4.17. The van der Waals surface area contributed by atoms with E-state index in [1.807, 2.05) is 4.72 Å². The number of rotatable bonds is 5. The fourth-order valence-corrected chi connectivity index (χ4v) is 4.65. The molecule has 2 atom stereocenters. The number of thiophene rings is 1. The quantitative estimate of drug-likeness (QED) is 0.727. The molecular weight excluding hydrogens is 346 g/mol. The molecule has 0 saturated heterocycles.